The van der Waals surface area contributed by atoms with Crippen LogP contribution >= 0.6 is 0 Å². The van der Waals surface area contributed by atoms with E-state index < -0.39 is 0 Å². The molecule has 0 saturated carbocycles. The van der Waals surface area contributed by atoms with Crippen LogP contribution in [0.1, 0.15) is 16.8 Å². The van der Waals surface area contributed by atoms with Gasteiger partial charge >= 0.3 is 0 Å². The molecule has 4 aromatic rings. The number of aromatic nitrogens is 5. The van der Waals surface area contributed by atoms with E-state index >= 15 is 0 Å². The van der Waals surface area contributed by atoms with Gasteiger partial charge in [-0.1, -0.05) is 16.4 Å². The number of nitrogens with zero attached hydrogens (tertiary/aromatic N) is 5. The van der Waals surface area contributed by atoms with Crippen molar-refractivity contribution in [1.82, 2.24) is 25.1 Å². The van der Waals surface area contributed by atoms with E-state index in [0.717, 1.165) is 11.4 Å². The van der Waals surface area contributed by atoms with Crippen molar-refractivity contribution in [3.8, 4) is 45.9 Å². The molecule has 0 bridgehead atoms. The molecule has 0 aliphatic rings. The minimum absolute atomic E-state index is 0.274. The largest absolute Gasteiger partial charge is 0.493 e. The number of hydrogen-bond donors (Lipinski definition) is 0. The first-order chi connectivity index (χ1) is 15.0. The van der Waals surface area contributed by atoms with Gasteiger partial charge < -0.3 is 18.7 Å². The van der Waals surface area contributed by atoms with Gasteiger partial charge in [-0.2, -0.15) is 4.98 Å². The topological polar surface area (TPSA) is 97.3 Å². The van der Waals surface area contributed by atoms with Gasteiger partial charge in [0.15, 0.2) is 17.2 Å². The predicted octanol–water partition coefficient (Wildman–Crippen LogP) is 3.94. The second-order valence-electron chi connectivity index (χ2n) is 7.04. The Labute approximate surface area is 179 Å². The Balaban J connectivity index is 1.72. The van der Waals surface area contributed by atoms with Gasteiger partial charge in [0.2, 0.25) is 11.6 Å². The molecule has 0 aliphatic heterocycles. The molecule has 4 rings (SSSR count). The number of benzene rings is 2. The highest BCUT2D eigenvalue weighted by molar-refractivity contribution is 5.67. The van der Waals surface area contributed by atoms with Crippen molar-refractivity contribution in [2.45, 2.75) is 20.8 Å². The van der Waals surface area contributed by atoms with E-state index in [0.29, 0.717) is 34.3 Å². The maximum atomic E-state index is 5.49. The first kappa shape index (κ1) is 20.4. The van der Waals surface area contributed by atoms with Crippen LogP contribution in [0.4, 0.5) is 0 Å². The van der Waals surface area contributed by atoms with E-state index in [-0.39, 0.29) is 5.89 Å². The third-order valence-electron chi connectivity index (χ3n) is 5.18. The van der Waals surface area contributed by atoms with Crippen LogP contribution in [0.15, 0.2) is 34.9 Å². The summed E-state index contributed by atoms with van der Waals surface area (Å²) >= 11 is 0. The molecular formula is C22H23N5O4. The molecule has 0 spiro atoms. The highest BCUT2D eigenvalue weighted by atomic mass is 16.5. The van der Waals surface area contributed by atoms with Gasteiger partial charge in [-0.3, -0.25) is 0 Å². The molecule has 2 aromatic heterocycles. The summed E-state index contributed by atoms with van der Waals surface area (Å²) in [5, 5.41) is 12.6. The molecule has 2 heterocycles. The van der Waals surface area contributed by atoms with Gasteiger partial charge in [-0.05, 0) is 56.2 Å². The SMILES string of the molecule is COc1cc(-c2noc(-c3nnn(-c4ccc(C)c(C)c4)c3C)n2)cc(OC)c1OC. The van der Waals surface area contributed by atoms with Crippen LogP contribution in [0.5, 0.6) is 17.2 Å². The fraction of sp³-hybridized carbons (Fsp3) is 0.273. The van der Waals surface area contributed by atoms with Crippen LogP contribution < -0.4 is 14.2 Å². The maximum absolute atomic E-state index is 5.49. The van der Waals surface area contributed by atoms with Crippen molar-refractivity contribution in [1.29, 1.82) is 0 Å². The van der Waals surface area contributed by atoms with Crippen molar-refractivity contribution < 1.29 is 18.7 Å². The van der Waals surface area contributed by atoms with Crippen LogP contribution in [0.2, 0.25) is 0 Å². The Morgan fingerprint density at radius 3 is 2.19 bits per heavy atom. The van der Waals surface area contributed by atoms with Crippen LogP contribution in [0.3, 0.4) is 0 Å². The molecule has 0 atom stereocenters. The zero-order chi connectivity index (χ0) is 22.1. The second kappa shape index (κ2) is 8.10. The van der Waals surface area contributed by atoms with Crippen molar-refractivity contribution in [2.75, 3.05) is 21.3 Å². The maximum Gasteiger partial charge on any atom is 0.280 e. The summed E-state index contributed by atoms with van der Waals surface area (Å²) in [6, 6.07) is 9.64. The van der Waals surface area contributed by atoms with E-state index in [1.807, 2.05) is 13.0 Å². The fourth-order valence-electron chi connectivity index (χ4n) is 3.28. The molecule has 0 radical (unpaired) electrons. The Hall–Kier alpha value is -3.88. The summed E-state index contributed by atoms with van der Waals surface area (Å²) in [5.74, 6) is 2.13. The van der Waals surface area contributed by atoms with Gasteiger partial charge in [0, 0.05) is 5.56 Å². The predicted molar refractivity (Wildman–Crippen MR) is 114 cm³/mol. The lowest BCUT2D eigenvalue weighted by atomic mass is 10.1. The number of aryl methyl sites for hydroxylation is 2. The Morgan fingerprint density at radius 2 is 1.58 bits per heavy atom. The van der Waals surface area contributed by atoms with Crippen molar-refractivity contribution >= 4 is 0 Å². The van der Waals surface area contributed by atoms with Crippen LogP contribution in [0.25, 0.3) is 28.7 Å². The molecule has 160 valence electrons. The lowest BCUT2D eigenvalue weighted by Crippen LogP contribution is -2.00. The van der Waals surface area contributed by atoms with Crippen LogP contribution in [0, 0.1) is 20.8 Å². The minimum atomic E-state index is 0.274. The monoisotopic (exact) mass is 421 g/mol. The summed E-state index contributed by atoms with van der Waals surface area (Å²) in [7, 11) is 4.66. The molecule has 2 aromatic carbocycles. The smallest absolute Gasteiger partial charge is 0.280 e. The highest BCUT2D eigenvalue weighted by Crippen LogP contribution is 2.40. The normalized spacial score (nSPS) is 10.9. The first-order valence-electron chi connectivity index (χ1n) is 9.61. The summed E-state index contributed by atoms with van der Waals surface area (Å²) in [6.45, 7) is 6.05. The van der Waals surface area contributed by atoms with Gasteiger partial charge in [0.1, 0.15) is 0 Å². The Kier molecular flexibility index (Phi) is 5.33. The molecule has 9 heteroatoms. The van der Waals surface area contributed by atoms with E-state index in [2.05, 4.69) is 46.4 Å². The minimum Gasteiger partial charge on any atom is -0.493 e. The van der Waals surface area contributed by atoms with E-state index in [4.69, 9.17) is 18.7 Å². The summed E-state index contributed by atoms with van der Waals surface area (Å²) in [5.41, 5.74) is 5.28. The molecule has 0 fully saturated rings. The van der Waals surface area contributed by atoms with E-state index in [9.17, 15) is 0 Å². The third kappa shape index (κ3) is 3.58. The quantitative estimate of drug-likeness (QED) is 0.462. The first-order valence-corrected chi connectivity index (χ1v) is 9.61. The number of ether oxygens (including phenoxy) is 3. The van der Waals surface area contributed by atoms with Crippen molar-refractivity contribution in [2.24, 2.45) is 0 Å². The van der Waals surface area contributed by atoms with Gasteiger partial charge in [-0.25, -0.2) is 4.68 Å². The molecule has 0 aliphatic carbocycles. The third-order valence-corrected chi connectivity index (χ3v) is 5.18. The standard InChI is InChI=1S/C22H23N5O4/c1-12-7-8-16(9-13(12)2)27-14(3)19(24-26-27)22-23-21(25-31-22)15-10-17(28-4)20(30-6)18(11-15)29-5/h7-11H,1-6H3. The zero-order valence-corrected chi connectivity index (χ0v) is 18.3. The van der Waals surface area contributed by atoms with E-state index in [1.54, 1.807) is 38.1 Å². The Morgan fingerprint density at radius 1 is 0.871 bits per heavy atom. The summed E-state index contributed by atoms with van der Waals surface area (Å²) < 4.78 is 23.4. The number of methoxy groups -OCH3 is 3. The summed E-state index contributed by atoms with van der Waals surface area (Å²) in [4.78, 5) is 4.51. The fourth-order valence-corrected chi connectivity index (χ4v) is 3.28. The zero-order valence-electron chi connectivity index (χ0n) is 18.3. The molecular weight excluding hydrogens is 398 g/mol. The highest BCUT2D eigenvalue weighted by Gasteiger charge is 2.21. The van der Waals surface area contributed by atoms with Crippen molar-refractivity contribution in [3.63, 3.8) is 0 Å². The Bertz CT molecular complexity index is 1220. The molecule has 0 saturated heterocycles. The van der Waals surface area contributed by atoms with Crippen LogP contribution in [-0.4, -0.2) is 46.5 Å². The second-order valence-corrected chi connectivity index (χ2v) is 7.04. The number of rotatable bonds is 6. The summed E-state index contributed by atoms with van der Waals surface area (Å²) in [6.07, 6.45) is 0. The van der Waals surface area contributed by atoms with Crippen LogP contribution in [-0.2, 0) is 0 Å². The molecule has 0 unspecified atom stereocenters. The average Bonchev–Trinajstić information content (AvgIpc) is 3.41. The average molecular weight is 421 g/mol. The van der Waals surface area contributed by atoms with Gasteiger partial charge in [-0.15, -0.1) is 5.10 Å². The number of hydrogen-bond acceptors (Lipinski definition) is 8. The molecule has 0 amide bonds. The molecule has 0 N–H and O–H groups in total. The lowest BCUT2D eigenvalue weighted by molar-refractivity contribution is 0.324. The van der Waals surface area contributed by atoms with Gasteiger partial charge in [0.05, 0.1) is 32.7 Å². The molecule has 31 heavy (non-hydrogen) atoms. The van der Waals surface area contributed by atoms with E-state index in [1.165, 1.54) is 11.1 Å². The molecule has 9 nitrogen and oxygen atoms in total. The lowest BCUT2D eigenvalue weighted by Gasteiger charge is -2.12. The van der Waals surface area contributed by atoms with Gasteiger partial charge in [0.25, 0.3) is 5.89 Å². The van der Waals surface area contributed by atoms with Crippen molar-refractivity contribution in [3.05, 3.63) is 47.2 Å².